The van der Waals surface area contributed by atoms with E-state index in [1.165, 1.54) is 5.56 Å². The van der Waals surface area contributed by atoms with Crippen LogP contribution in [0.3, 0.4) is 0 Å². The van der Waals surface area contributed by atoms with Gasteiger partial charge in [0.1, 0.15) is 0 Å². The minimum atomic E-state index is 0.115. The lowest BCUT2D eigenvalue weighted by molar-refractivity contribution is -0.131. The fraction of sp³-hybridized carbons (Fsp3) is 0.316. The molecule has 0 aliphatic carbocycles. The van der Waals surface area contributed by atoms with E-state index in [9.17, 15) is 4.79 Å². The fourth-order valence-corrected chi connectivity index (χ4v) is 3.99. The number of aromatic nitrogens is 2. The van der Waals surface area contributed by atoms with Crippen molar-refractivity contribution in [2.45, 2.75) is 25.6 Å². The second kappa shape index (κ2) is 9.54. The van der Waals surface area contributed by atoms with E-state index in [1.54, 1.807) is 28.0 Å². The SMILES string of the molecule is CCN(Cc1nc(-c2cccs2)no1)C(=O)CCSCc1ccccc1. The van der Waals surface area contributed by atoms with Crippen LogP contribution in [0, 0.1) is 0 Å². The summed E-state index contributed by atoms with van der Waals surface area (Å²) in [5, 5.41) is 5.97. The van der Waals surface area contributed by atoms with Crippen LogP contribution in [0.4, 0.5) is 0 Å². The average molecular weight is 388 g/mol. The van der Waals surface area contributed by atoms with Crippen LogP contribution in [0.25, 0.3) is 10.7 Å². The van der Waals surface area contributed by atoms with Crippen LogP contribution >= 0.6 is 23.1 Å². The van der Waals surface area contributed by atoms with Gasteiger partial charge in [-0.1, -0.05) is 41.6 Å². The Morgan fingerprint density at radius 1 is 1.23 bits per heavy atom. The van der Waals surface area contributed by atoms with Crippen LogP contribution in [0.15, 0.2) is 52.4 Å². The molecule has 5 nitrogen and oxygen atoms in total. The standard InChI is InChI=1S/C19H21N3O2S2/c1-2-22(13-17-20-19(21-24-17)16-9-6-11-26-16)18(23)10-12-25-14-15-7-4-3-5-8-15/h3-9,11H,2,10,12-14H2,1H3. The predicted octanol–water partition coefficient (Wildman–Crippen LogP) is 4.47. The molecule has 1 amide bonds. The number of rotatable bonds is 9. The third-order valence-corrected chi connectivity index (χ3v) is 5.74. The Morgan fingerprint density at radius 2 is 2.08 bits per heavy atom. The van der Waals surface area contributed by atoms with Crippen LogP contribution < -0.4 is 0 Å². The zero-order chi connectivity index (χ0) is 18.2. The van der Waals surface area contributed by atoms with Gasteiger partial charge in [-0.2, -0.15) is 16.7 Å². The van der Waals surface area contributed by atoms with Crippen molar-refractivity contribution in [3.05, 3.63) is 59.3 Å². The monoisotopic (exact) mass is 387 g/mol. The predicted molar refractivity (Wildman–Crippen MR) is 106 cm³/mol. The summed E-state index contributed by atoms with van der Waals surface area (Å²) in [6.07, 6.45) is 0.511. The highest BCUT2D eigenvalue weighted by molar-refractivity contribution is 7.98. The van der Waals surface area contributed by atoms with Crippen molar-refractivity contribution >= 4 is 29.0 Å². The Morgan fingerprint density at radius 3 is 2.81 bits per heavy atom. The zero-order valence-corrected chi connectivity index (χ0v) is 16.3. The molecule has 0 spiro atoms. The van der Waals surface area contributed by atoms with Gasteiger partial charge in [-0.05, 0) is 23.9 Å². The third-order valence-electron chi connectivity index (χ3n) is 3.84. The van der Waals surface area contributed by atoms with Gasteiger partial charge in [0.25, 0.3) is 0 Å². The molecule has 0 unspecified atom stereocenters. The third kappa shape index (κ3) is 5.19. The minimum Gasteiger partial charge on any atom is -0.337 e. The van der Waals surface area contributed by atoms with E-state index in [4.69, 9.17) is 4.52 Å². The topological polar surface area (TPSA) is 59.2 Å². The summed E-state index contributed by atoms with van der Waals surface area (Å²) in [7, 11) is 0. The minimum absolute atomic E-state index is 0.115. The number of thiophene rings is 1. The molecular weight excluding hydrogens is 366 g/mol. The number of amides is 1. The van der Waals surface area contributed by atoms with Gasteiger partial charge in [0, 0.05) is 24.5 Å². The second-order valence-electron chi connectivity index (χ2n) is 5.69. The van der Waals surface area contributed by atoms with Gasteiger partial charge in [-0.3, -0.25) is 4.79 Å². The highest BCUT2D eigenvalue weighted by Gasteiger charge is 2.16. The van der Waals surface area contributed by atoms with Gasteiger partial charge in [0.05, 0.1) is 11.4 Å². The molecule has 0 aliphatic heterocycles. The number of carbonyl (C=O) groups is 1. The molecule has 0 bridgehead atoms. The number of carbonyl (C=O) groups excluding carboxylic acids is 1. The van der Waals surface area contributed by atoms with Crippen LogP contribution in [-0.4, -0.2) is 33.2 Å². The van der Waals surface area contributed by atoms with Crippen LogP contribution in [0.1, 0.15) is 24.8 Å². The van der Waals surface area contributed by atoms with Gasteiger partial charge in [-0.15, -0.1) is 11.3 Å². The van der Waals surface area contributed by atoms with E-state index < -0.39 is 0 Å². The lowest BCUT2D eigenvalue weighted by Gasteiger charge is -2.18. The lowest BCUT2D eigenvalue weighted by atomic mass is 10.2. The van der Waals surface area contributed by atoms with Crippen LogP contribution in [0.5, 0.6) is 0 Å². The van der Waals surface area contributed by atoms with Gasteiger partial charge < -0.3 is 9.42 Å². The van der Waals surface area contributed by atoms with E-state index >= 15 is 0 Å². The summed E-state index contributed by atoms with van der Waals surface area (Å²) in [6.45, 7) is 2.95. The van der Waals surface area contributed by atoms with E-state index in [0.29, 0.717) is 31.2 Å². The summed E-state index contributed by atoms with van der Waals surface area (Å²) in [4.78, 5) is 19.6. The van der Waals surface area contributed by atoms with Gasteiger partial charge >= 0.3 is 0 Å². The summed E-state index contributed by atoms with van der Waals surface area (Å²) >= 11 is 3.34. The maximum atomic E-state index is 12.5. The lowest BCUT2D eigenvalue weighted by Crippen LogP contribution is -2.30. The van der Waals surface area contributed by atoms with E-state index in [0.717, 1.165) is 16.4 Å². The Kier molecular flexibility index (Phi) is 6.85. The van der Waals surface area contributed by atoms with E-state index in [1.807, 2.05) is 42.6 Å². The Labute approximate surface area is 161 Å². The first-order valence-electron chi connectivity index (χ1n) is 8.52. The van der Waals surface area contributed by atoms with Crippen molar-refractivity contribution in [1.82, 2.24) is 15.0 Å². The number of benzene rings is 1. The van der Waals surface area contributed by atoms with Gasteiger partial charge in [0.15, 0.2) is 0 Å². The summed E-state index contributed by atoms with van der Waals surface area (Å²) < 4.78 is 5.30. The molecule has 7 heteroatoms. The maximum Gasteiger partial charge on any atom is 0.246 e. The van der Waals surface area contributed by atoms with Crippen LogP contribution in [-0.2, 0) is 17.1 Å². The van der Waals surface area contributed by atoms with Crippen molar-refractivity contribution < 1.29 is 9.32 Å². The van der Waals surface area contributed by atoms with E-state index in [2.05, 4.69) is 22.3 Å². The highest BCUT2D eigenvalue weighted by atomic mass is 32.2. The molecule has 0 saturated heterocycles. The fourth-order valence-electron chi connectivity index (χ4n) is 2.45. The molecule has 136 valence electrons. The smallest absolute Gasteiger partial charge is 0.246 e. The van der Waals surface area contributed by atoms with Crippen molar-refractivity contribution in [2.24, 2.45) is 0 Å². The molecule has 26 heavy (non-hydrogen) atoms. The van der Waals surface area contributed by atoms with Crippen LogP contribution in [0.2, 0.25) is 0 Å². The normalized spacial score (nSPS) is 10.8. The summed E-state index contributed by atoms with van der Waals surface area (Å²) in [5.41, 5.74) is 1.28. The maximum absolute atomic E-state index is 12.5. The number of hydrogen-bond acceptors (Lipinski definition) is 6. The molecule has 0 N–H and O–H groups in total. The van der Waals surface area contributed by atoms with Crippen molar-refractivity contribution in [2.75, 3.05) is 12.3 Å². The van der Waals surface area contributed by atoms with Crippen molar-refractivity contribution in [1.29, 1.82) is 0 Å². The first-order chi connectivity index (χ1) is 12.8. The summed E-state index contributed by atoms with van der Waals surface area (Å²) in [5.74, 6) is 2.89. The molecule has 0 radical (unpaired) electrons. The van der Waals surface area contributed by atoms with Crippen molar-refractivity contribution in [3.8, 4) is 10.7 Å². The number of hydrogen-bond donors (Lipinski definition) is 0. The molecule has 0 fully saturated rings. The largest absolute Gasteiger partial charge is 0.337 e. The van der Waals surface area contributed by atoms with Gasteiger partial charge in [0.2, 0.25) is 17.6 Å². The second-order valence-corrected chi connectivity index (χ2v) is 7.74. The Balaban J connectivity index is 1.46. The van der Waals surface area contributed by atoms with Crippen molar-refractivity contribution in [3.63, 3.8) is 0 Å². The molecule has 3 rings (SSSR count). The average Bonchev–Trinajstić information content (AvgIpc) is 3.35. The molecule has 1 aromatic carbocycles. The molecule has 0 aliphatic rings. The molecule has 0 atom stereocenters. The summed E-state index contributed by atoms with van der Waals surface area (Å²) in [6, 6.07) is 14.2. The Bertz CT molecular complexity index is 803. The zero-order valence-electron chi connectivity index (χ0n) is 14.6. The Hall–Kier alpha value is -2.12. The van der Waals surface area contributed by atoms with E-state index in [-0.39, 0.29) is 5.91 Å². The molecular formula is C19H21N3O2S2. The molecule has 3 aromatic rings. The first-order valence-corrected chi connectivity index (χ1v) is 10.6. The number of thioether (sulfide) groups is 1. The highest BCUT2D eigenvalue weighted by Crippen LogP contribution is 2.21. The molecule has 0 saturated carbocycles. The molecule has 2 aromatic heterocycles. The van der Waals surface area contributed by atoms with Gasteiger partial charge in [-0.25, -0.2) is 0 Å². The first kappa shape index (κ1) is 18.7. The molecule has 2 heterocycles. The quantitative estimate of drug-likeness (QED) is 0.507. The number of nitrogens with zero attached hydrogens (tertiary/aromatic N) is 3.